The molecule has 0 aliphatic carbocycles. The predicted molar refractivity (Wildman–Crippen MR) is 90.0 cm³/mol. The SMILES string of the molecule is Cc1noc(C)c1C(C)CC(=O)Nc1cccc(CCC(=O)O)c1. The molecular formula is C18H22N2O4. The Kier molecular flexibility index (Phi) is 5.73. The van der Waals surface area contributed by atoms with Crippen LogP contribution in [0.1, 0.15) is 48.3 Å². The molecule has 2 rings (SSSR count). The molecule has 24 heavy (non-hydrogen) atoms. The minimum absolute atomic E-state index is 0.00597. The molecule has 0 saturated carbocycles. The number of carboxylic acid groups (broad SMARTS) is 1. The summed E-state index contributed by atoms with van der Waals surface area (Å²) in [5.41, 5.74) is 3.34. The Hall–Kier alpha value is -2.63. The number of nitrogens with one attached hydrogen (secondary N) is 1. The average molecular weight is 330 g/mol. The summed E-state index contributed by atoms with van der Waals surface area (Å²) in [5, 5.41) is 15.5. The number of aryl methyl sites for hydroxylation is 3. The normalized spacial score (nSPS) is 12.0. The van der Waals surface area contributed by atoms with Crippen molar-refractivity contribution in [2.75, 3.05) is 5.32 Å². The van der Waals surface area contributed by atoms with E-state index in [9.17, 15) is 9.59 Å². The lowest BCUT2D eigenvalue weighted by atomic mass is 9.96. The van der Waals surface area contributed by atoms with Gasteiger partial charge in [-0.1, -0.05) is 24.2 Å². The second-order valence-corrected chi connectivity index (χ2v) is 5.99. The maximum atomic E-state index is 12.3. The number of carbonyl (C=O) groups is 2. The van der Waals surface area contributed by atoms with Gasteiger partial charge in [0.2, 0.25) is 5.91 Å². The first kappa shape index (κ1) is 17.7. The number of carboxylic acids is 1. The first-order valence-corrected chi connectivity index (χ1v) is 7.90. The second kappa shape index (κ2) is 7.77. The summed E-state index contributed by atoms with van der Waals surface area (Å²) in [6.07, 6.45) is 0.831. The Morgan fingerprint density at radius 1 is 1.33 bits per heavy atom. The summed E-state index contributed by atoms with van der Waals surface area (Å²) in [6.45, 7) is 5.68. The molecule has 0 saturated heterocycles. The van der Waals surface area contributed by atoms with E-state index in [1.54, 1.807) is 12.1 Å². The van der Waals surface area contributed by atoms with Gasteiger partial charge in [-0.15, -0.1) is 0 Å². The number of carbonyl (C=O) groups excluding carboxylic acids is 1. The van der Waals surface area contributed by atoms with E-state index in [4.69, 9.17) is 9.63 Å². The average Bonchev–Trinajstić information content (AvgIpc) is 2.84. The van der Waals surface area contributed by atoms with Crippen molar-refractivity contribution in [1.82, 2.24) is 5.16 Å². The van der Waals surface area contributed by atoms with Crippen LogP contribution in [-0.2, 0) is 16.0 Å². The molecule has 1 unspecified atom stereocenters. The molecule has 0 aliphatic rings. The number of benzene rings is 1. The Balaban J connectivity index is 1.97. The second-order valence-electron chi connectivity index (χ2n) is 5.99. The third-order valence-corrected chi connectivity index (χ3v) is 3.91. The number of aromatic nitrogens is 1. The molecule has 1 atom stereocenters. The number of hydrogen-bond acceptors (Lipinski definition) is 4. The van der Waals surface area contributed by atoms with Crippen LogP contribution >= 0.6 is 0 Å². The summed E-state index contributed by atoms with van der Waals surface area (Å²) in [4.78, 5) is 22.9. The van der Waals surface area contributed by atoms with Gasteiger partial charge < -0.3 is 14.9 Å². The molecule has 1 aromatic heterocycles. The lowest BCUT2D eigenvalue weighted by Crippen LogP contribution is -2.15. The lowest BCUT2D eigenvalue weighted by molar-refractivity contribution is -0.137. The third-order valence-electron chi connectivity index (χ3n) is 3.91. The molecule has 0 spiro atoms. The van der Waals surface area contributed by atoms with Gasteiger partial charge in [-0.2, -0.15) is 0 Å². The fourth-order valence-electron chi connectivity index (χ4n) is 2.84. The van der Waals surface area contributed by atoms with E-state index in [-0.39, 0.29) is 18.2 Å². The van der Waals surface area contributed by atoms with Crippen molar-refractivity contribution in [2.45, 2.75) is 46.0 Å². The van der Waals surface area contributed by atoms with E-state index in [2.05, 4.69) is 10.5 Å². The van der Waals surface area contributed by atoms with Crippen LogP contribution in [0.4, 0.5) is 5.69 Å². The fraction of sp³-hybridized carbons (Fsp3) is 0.389. The van der Waals surface area contributed by atoms with Crippen LogP contribution in [0.2, 0.25) is 0 Å². The van der Waals surface area contributed by atoms with Crippen molar-refractivity contribution in [2.24, 2.45) is 0 Å². The van der Waals surface area contributed by atoms with Crippen LogP contribution in [-0.4, -0.2) is 22.1 Å². The van der Waals surface area contributed by atoms with Crippen molar-refractivity contribution >= 4 is 17.6 Å². The third kappa shape index (κ3) is 4.68. The standard InChI is InChI=1S/C18H22N2O4/c1-11(18-12(2)20-24-13(18)3)9-16(21)19-15-6-4-5-14(10-15)7-8-17(22)23/h4-6,10-11H,7-9H2,1-3H3,(H,19,21)(H,22,23). The summed E-state index contributed by atoms with van der Waals surface area (Å²) < 4.78 is 5.15. The minimum atomic E-state index is -0.835. The molecule has 128 valence electrons. The van der Waals surface area contributed by atoms with Gasteiger partial charge >= 0.3 is 5.97 Å². The molecule has 2 N–H and O–H groups in total. The van der Waals surface area contributed by atoms with E-state index in [1.807, 2.05) is 32.9 Å². The zero-order valence-corrected chi connectivity index (χ0v) is 14.1. The van der Waals surface area contributed by atoms with E-state index in [0.29, 0.717) is 18.5 Å². The van der Waals surface area contributed by atoms with E-state index < -0.39 is 5.97 Å². The molecule has 1 heterocycles. The molecule has 6 nitrogen and oxygen atoms in total. The monoisotopic (exact) mass is 330 g/mol. The largest absolute Gasteiger partial charge is 0.481 e. The maximum absolute atomic E-state index is 12.3. The van der Waals surface area contributed by atoms with Crippen molar-refractivity contribution < 1.29 is 19.2 Å². The van der Waals surface area contributed by atoms with Gasteiger partial charge in [-0.05, 0) is 43.9 Å². The highest BCUT2D eigenvalue weighted by Crippen LogP contribution is 2.26. The van der Waals surface area contributed by atoms with E-state index >= 15 is 0 Å². The van der Waals surface area contributed by atoms with Gasteiger partial charge in [0, 0.05) is 24.1 Å². The molecule has 0 radical (unpaired) electrons. The van der Waals surface area contributed by atoms with Crippen LogP contribution in [0.3, 0.4) is 0 Å². The van der Waals surface area contributed by atoms with E-state index in [1.165, 1.54) is 0 Å². The first-order valence-electron chi connectivity index (χ1n) is 7.90. The first-order chi connectivity index (χ1) is 11.4. The number of anilines is 1. The van der Waals surface area contributed by atoms with Gasteiger partial charge in [0.05, 0.1) is 5.69 Å². The fourth-order valence-corrected chi connectivity index (χ4v) is 2.84. The Morgan fingerprint density at radius 2 is 2.08 bits per heavy atom. The van der Waals surface area contributed by atoms with Gasteiger partial charge in [-0.25, -0.2) is 0 Å². The molecule has 0 bridgehead atoms. The molecule has 2 aromatic rings. The number of hydrogen-bond donors (Lipinski definition) is 2. The topological polar surface area (TPSA) is 92.4 Å². The van der Waals surface area contributed by atoms with Crippen molar-refractivity contribution in [3.63, 3.8) is 0 Å². The number of nitrogens with zero attached hydrogens (tertiary/aromatic N) is 1. The Bertz CT molecular complexity index is 717. The summed E-state index contributed by atoms with van der Waals surface area (Å²) in [5.74, 6) is -0.189. The molecular weight excluding hydrogens is 308 g/mol. The summed E-state index contributed by atoms with van der Waals surface area (Å²) >= 11 is 0. The Morgan fingerprint density at radius 3 is 2.71 bits per heavy atom. The zero-order chi connectivity index (χ0) is 17.7. The van der Waals surface area contributed by atoms with Crippen molar-refractivity contribution in [3.05, 3.63) is 46.8 Å². The lowest BCUT2D eigenvalue weighted by Gasteiger charge is -2.12. The number of aliphatic carboxylic acids is 1. The highest BCUT2D eigenvalue weighted by Gasteiger charge is 2.19. The van der Waals surface area contributed by atoms with Gasteiger partial charge in [-0.3, -0.25) is 9.59 Å². The van der Waals surface area contributed by atoms with Crippen LogP contribution < -0.4 is 5.32 Å². The summed E-state index contributed by atoms with van der Waals surface area (Å²) in [7, 11) is 0. The van der Waals surface area contributed by atoms with Crippen LogP contribution in [0.25, 0.3) is 0 Å². The van der Waals surface area contributed by atoms with Gasteiger partial charge in [0.1, 0.15) is 5.76 Å². The van der Waals surface area contributed by atoms with Crippen molar-refractivity contribution in [1.29, 1.82) is 0 Å². The summed E-state index contributed by atoms with van der Waals surface area (Å²) in [6, 6.07) is 7.26. The molecule has 0 fully saturated rings. The number of rotatable bonds is 7. The molecule has 1 aromatic carbocycles. The van der Waals surface area contributed by atoms with E-state index in [0.717, 1.165) is 22.6 Å². The highest BCUT2D eigenvalue weighted by atomic mass is 16.5. The maximum Gasteiger partial charge on any atom is 0.303 e. The van der Waals surface area contributed by atoms with Crippen LogP contribution in [0.5, 0.6) is 0 Å². The Labute approximate surface area is 140 Å². The molecule has 0 aliphatic heterocycles. The molecule has 6 heteroatoms. The van der Waals surface area contributed by atoms with Crippen LogP contribution in [0, 0.1) is 13.8 Å². The highest BCUT2D eigenvalue weighted by molar-refractivity contribution is 5.91. The van der Waals surface area contributed by atoms with Crippen molar-refractivity contribution in [3.8, 4) is 0 Å². The zero-order valence-electron chi connectivity index (χ0n) is 14.1. The smallest absolute Gasteiger partial charge is 0.303 e. The van der Waals surface area contributed by atoms with Gasteiger partial charge in [0.25, 0.3) is 0 Å². The predicted octanol–water partition coefficient (Wildman–Crippen LogP) is 3.44. The molecule has 1 amide bonds. The quantitative estimate of drug-likeness (QED) is 0.811. The minimum Gasteiger partial charge on any atom is -0.481 e. The number of amides is 1. The van der Waals surface area contributed by atoms with Crippen LogP contribution in [0.15, 0.2) is 28.8 Å². The van der Waals surface area contributed by atoms with Gasteiger partial charge in [0.15, 0.2) is 0 Å².